The fourth-order valence-corrected chi connectivity index (χ4v) is 12.4. The highest BCUT2D eigenvalue weighted by molar-refractivity contribution is 5.89. The quantitative estimate of drug-likeness (QED) is 0.271. The summed E-state index contributed by atoms with van der Waals surface area (Å²) in [5, 5.41) is 27.6. The lowest BCUT2D eigenvalue weighted by Gasteiger charge is -2.75. The number of fused-ring (bicyclic) bond motifs is 7. The number of hydrogen-bond donors (Lipinski definition) is 1. The topological polar surface area (TPSA) is 111 Å². The van der Waals surface area contributed by atoms with Crippen molar-refractivity contribution in [3.63, 3.8) is 0 Å². The lowest BCUT2D eigenvalue weighted by Crippen LogP contribution is -2.67. The molecule has 0 radical (unpaired) electrons. The van der Waals surface area contributed by atoms with Gasteiger partial charge >= 0.3 is 5.69 Å². The number of hydrogen-bond acceptors (Lipinski definition) is 6. The molecule has 0 aliphatic heterocycles. The number of nitrogens with zero attached hydrogens (tertiary/aromatic N) is 3. The van der Waals surface area contributed by atoms with Gasteiger partial charge in [-0.15, -0.1) is 0 Å². The van der Waals surface area contributed by atoms with Crippen molar-refractivity contribution in [3.8, 4) is 0 Å². The van der Waals surface area contributed by atoms with Crippen LogP contribution in [0.25, 0.3) is 0 Å². The molecular formula is C36H54N4O4. The SMILES string of the molecule is C[C@@H]1/C(=N/Nc2ccc([N+](=O)[O-])cc2[N+](=O)[O-])CC[C@@H]2[C@]1(C)CC[C@@H]1[C@]2(C)CC[C@@]2(C)[C@H]3CC(C)(C)CC[C@]3(C)CC[C@]12C. The largest absolute Gasteiger partial charge is 0.301 e. The van der Waals surface area contributed by atoms with E-state index in [9.17, 15) is 20.2 Å². The number of nitrogens with one attached hydrogen (secondary N) is 1. The predicted molar refractivity (Wildman–Crippen MR) is 176 cm³/mol. The zero-order chi connectivity index (χ0) is 32.1. The van der Waals surface area contributed by atoms with Gasteiger partial charge in [0.25, 0.3) is 5.69 Å². The van der Waals surface area contributed by atoms with Gasteiger partial charge < -0.3 is 0 Å². The second kappa shape index (κ2) is 9.99. The summed E-state index contributed by atoms with van der Waals surface area (Å²) < 4.78 is 0. The third kappa shape index (κ3) is 4.39. The van der Waals surface area contributed by atoms with Crippen molar-refractivity contribution in [3.05, 3.63) is 38.4 Å². The van der Waals surface area contributed by atoms with E-state index in [1.165, 1.54) is 69.9 Å². The monoisotopic (exact) mass is 606 g/mol. The predicted octanol–water partition coefficient (Wildman–Crippen LogP) is 10.2. The average Bonchev–Trinajstić information content (AvgIpc) is 2.95. The van der Waals surface area contributed by atoms with Crippen molar-refractivity contribution in [2.75, 3.05) is 5.43 Å². The van der Waals surface area contributed by atoms with Crippen molar-refractivity contribution in [1.82, 2.24) is 0 Å². The summed E-state index contributed by atoms with van der Waals surface area (Å²) in [6.07, 6.45) is 13.9. The van der Waals surface area contributed by atoms with E-state index in [-0.39, 0.29) is 28.4 Å². The molecule has 44 heavy (non-hydrogen) atoms. The third-order valence-corrected chi connectivity index (χ3v) is 15.5. The van der Waals surface area contributed by atoms with E-state index in [1.54, 1.807) is 0 Å². The summed E-state index contributed by atoms with van der Waals surface area (Å²) in [6, 6.07) is 3.69. The summed E-state index contributed by atoms with van der Waals surface area (Å²) in [7, 11) is 0. The molecule has 0 unspecified atom stereocenters. The van der Waals surface area contributed by atoms with Gasteiger partial charge in [-0.05, 0) is 127 Å². The molecule has 0 heterocycles. The number of nitro groups is 2. The molecule has 0 saturated heterocycles. The Kier molecular flexibility index (Phi) is 7.15. The molecule has 1 aromatic carbocycles. The Morgan fingerprint density at radius 2 is 1.43 bits per heavy atom. The summed E-state index contributed by atoms with van der Waals surface area (Å²) >= 11 is 0. The Balaban J connectivity index is 1.27. The molecular weight excluding hydrogens is 552 g/mol. The molecule has 5 fully saturated rings. The van der Waals surface area contributed by atoms with Gasteiger partial charge in [0, 0.05) is 17.7 Å². The minimum Gasteiger partial charge on any atom is -0.272 e. The summed E-state index contributed by atoms with van der Waals surface area (Å²) in [4.78, 5) is 21.7. The molecule has 1 aromatic rings. The van der Waals surface area contributed by atoms with E-state index < -0.39 is 9.85 Å². The molecule has 6 rings (SSSR count). The van der Waals surface area contributed by atoms with Gasteiger partial charge in [-0.25, -0.2) is 0 Å². The first-order chi connectivity index (χ1) is 20.4. The van der Waals surface area contributed by atoms with Crippen molar-refractivity contribution >= 4 is 22.8 Å². The van der Waals surface area contributed by atoms with Crippen LogP contribution in [-0.4, -0.2) is 15.6 Å². The van der Waals surface area contributed by atoms with Gasteiger partial charge in [-0.1, -0.05) is 55.4 Å². The Bertz CT molecular complexity index is 1410. The lowest BCUT2D eigenvalue weighted by atomic mass is 9.30. The van der Waals surface area contributed by atoms with E-state index in [2.05, 4.69) is 60.8 Å². The molecule has 0 aromatic heterocycles. The second-order valence-electron chi connectivity index (χ2n) is 17.8. The van der Waals surface area contributed by atoms with Gasteiger partial charge in [-0.2, -0.15) is 5.10 Å². The fourth-order valence-electron chi connectivity index (χ4n) is 12.4. The smallest absolute Gasteiger partial charge is 0.272 e. The average molecular weight is 607 g/mol. The number of hydrazone groups is 1. The molecule has 242 valence electrons. The second-order valence-corrected chi connectivity index (χ2v) is 17.8. The molecule has 8 heteroatoms. The van der Waals surface area contributed by atoms with Gasteiger partial charge in [0.05, 0.1) is 15.9 Å². The molecule has 0 amide bonds. The molecule has 5 aliphatic carbocycles. The normalized spacial score (nSPS) is 45.3. The van der Waals surface area contributed by atoms with E-state index >= 15 is 0 Å². The summed E-state index contributed by atoms with van der Waals surface area (Å²) in [5.74, 6) is 2.40. The van der Waals surface area contributed by atoms with Crippen LogP contribution in [-0.2, 0) is 0 Å². The number of anilines is 1. The maximum Gasteiger partial charge on any atom is 0.301 e. The van der Waals surface area contributed by atoms with E-state index in [0.717, 1.165) is 36.5 Å². The van der Waals surface area contributed by atoms with Crippen LogP contribution in [0.1, 0.15) is 126 Å². The first kappa shape index (κ1) is 31.5. The van der Waals surface area contributed by atoms with Crippen molar-refractivity contribution in [2.45, 2.75) is 126 Å². The number of rotatable bonds is 4. The number of nitro benzene ring substituents is 2. The minimum atomic E-state index is -0.611. The first-order valence-electron chi connectivity index (χ1n) is 17.2. The number of benzene rings is 1. The van der Waals surface area contributed by atoms with Crippen LogP contribution in [0.5, 0.6) is 0 Å². The first-order valence-corrected chi connectivity index (χ1v) is 17.2. The van der Waals surface area contributed by atoms with Gasteiger partial charge in [0.1, 0.15) is 5.69 Å². The van der Waals surface area contributed by atoms with Crippen molar-refractivity contribution in [1.29, 1.82) is 0 Å². The van der Waals surface area contributed by atoms with Crippen molar-refractivity contribution < 1.29 is 9.85 Å². The highest BCUT2D eigenvalue weighted by Gasteiger charge is 2.70. The Hall–Kier alpha value is -2.51. The zero-order valence-electron chi connectivity index (χ0n) is 28.3. The molecule has 5 aliphatic rings. The standard InChI is InChI=1S/C36H54N4O4/c1-23-25(37-38-26-10-9-24(39(41)42)21-27(26)40(43)44)11-12-28-33(23,5)14-13-29-34(28,6)18-20-36(8)30-22-31(2,3)15-16-32(30,4)17-19-35(29,36)7/h9-10,21,23,28-30,38H,11-20,22H2,1-8H3/b37-25+/t23-,28-,29-,30+,32-,33-,34-,35-,36+/m1/s1. The van der Waals surface area contributed by atoms with Crippen LogP contribution in [0.15, 0.2) is 23.3 Å². The molecule has 9 atom stereocenters. The lowest BCUT2D eigenvalue weighted by molar-refractivity contribution is -0.393. The van der Waals surface area contributed by atoms with E-state index in [1.807, 2.05) is 0 Å². The molecule has 5 saturated carbocycles. The zero-order valence-corrected chi connectivity index (χ0v) is 28.3. The van der Waals surface area contributed by atoms with Crippen LogP contribution in [0.2, 0.25) is 0 Å². The molecule has 1 N–H and O–H groups in total. The summed E-state index contributed by atoms with van der Waals surface area (Å²) in [5.41, 5.74) is 5.64. The van der Waals surface area contributed by atoms with Crippen LogP contribution in [0.3, 0.4) is 0 Å². The Labute approximate surface area is 263 Å². The minimum absolute atomic E-state index is 0.117. The maximum absolute atomic E-state index is 11.7. The highest BCUT2D eigenvalue weighted by atomic mass is 16.6. The number of non-ortho nitro benzene ring substituents is 1. The van der Waals surface area contributed by atoms with E-state index in [0.29, 0.717) is 33.0 Å². The van der Waals surface area contributed by atoms with E-state index in [4.69, 9.17) is 5.10 Å². The summed E-state index contributed by atoms with van der Waals surface area (Å²) in [6.45, 7) is 20.5. The van der Waals surface area contributed by atoms with Crippen LogP contribution in [0, 0.1) is 76.4 Å². The van der Waals surface area contributed by atoms with Gasteiger partial charge in [0.15, 0.2) is 0 Å². The highest BCUT2D eigenvalue weighted by Crippen LogP contribution is 2.78. The van der Waals surface area contributed by atoms with Crippen LogP contribution in [0.4, 0.5) is 17.1 Å². The van der Waals surface area contributed by atoms with Crippen LogP contribution < -0.4 is 5.43 Å². The molecule has 8 nitrogen and oxygen atoms in total. The fraction of sp³-hybridized carbons (Fsp3) is 0.806. The van der Waals surface area contributed by atoms with Crippen molar-refractivity contribution in [2.24, 2.45) is 61.3 Å². The molecule has 0 spiro atoms. The molecule has 0 bridgehead atoms. The maximum atomic E-state index is 11.7. The third-order valence-electron chi connectivity index (χ3n) is 15.5. The Morgan fingerprint density at radius 3 is 2.11 bits per heavy atom. The van der Waals surface area contributed by atoms with Crippen LogP contribution >= 0.6 is 0 Å². The van der Waals surface area contributed by atoms with Gasteiger partial charge in [-0.3, -0.25) is 25.7 Å². The Morgan fingerprint density at radius 1 is 0.773 bits per heavy atom. The van der Waals surface area contributed by atoms with Gasteiger partial charge in [0.2, 0.25) is 0 Å².